The maximum Gasteiger partial charge on any atom is 0.251 e. The van der Waals surface area contributed by atoms with E-state index in [9.17, 15) is 9.59 Å². The van der Waals surface area contributed by atoms with E-state index in [2.05, 4.69) is 5.32 Å². The Morgan fingerprint density at radius 3 is 2.80 bits per heavy atom. The maximum atomic E-state index is 12.2. The van der Waals surface area contributed by atoms with E-state index in [0.29, 0.717) is 25.7 Å². The smallest absolute Gasteiger partial charge is 0.251 e. The second-order valence-electron chi connectivity index (χ2n) is 4.60. The quantitative estimate of drug-likeness (QED) is 0.620. The number of amides is 2. The molecule has 1 atom stereocenters. The van der Waals surface area contributed by atoms with Gasteiger partial charge in [0.2, 0.25) is 5.91 Å². The number of hydrogen-bond acceptors (Lipinski definition) is 3. The average Bonchev–Trinajstić information content (AvgIpc) is 2.94. The number of ether oxygens (including phenoxy) is 1. The van der Waals surface area contributed by atoms with Gasteiger partial charge in [0.15, 0.2) is 0 Å². The summed E-state index contributed by atoms with van der Waals surface area (Å²) in [5.41, 5.74) is -0.738. The Kier molecular flexibility index (Phi) is 1.80. The molecule has 1 spiro atoms. The highest BCUT2D eigenvalue weighted by Crippen LogP contribution is 2.33. The first-order valence-corrected chi connectivity index (χ1v) is 5.41. The van der Waals surface area contributed by atoms with Crippen LogP contribution in [-0.2, 0) is 14.3 Å². The third kappa shape index (κ3) is 1.33. The van der Waals surface area contributed by atoms with Crippen molar-refractivity contribution in [2.24, 2.45) is 0 Å². The third-order valence-electron chi connectivity index (χ3n) is 3.37. The van der Waals surface area contributed by atoms with E-state index in [1.807, 2.05) is 0 Å². The minimum absolute atomic E-state index is 0.0491. The molecule has 0 bridgehead atoms. The van der Waals surface area contributed by atoms with E-state index in [1.165, 1.54) is 0 Å². The lowest BCUT2D eigenvalue weighted by atomic mass is 9.94. The van der Waals surface area contributed by atoms with Gasteiger partial charge in [-0.3, -0.25) is 9.59 Å². The molecule has 5 nitrogen and oxygen atoms in total. The molecule has 0 aromatic rings. The molecule has 3 rings (SSSR count). The van der Waals surface area contributed by atoms with Gasteiger partial charge < -0.3 is 15.0 Å². The average molecular weight is 210 g/mol. The molecule has 3 aliphatic rings. The molecule has 2 saturated heterocycles. The number of nitrogens with zero attached hydrogens (tertiary/aromatic N) is 1. The molecule has 0 unspecified atom stereocenters. The van der Waals surface area contributed by atoms with Crippen LogP contribution in [0.5, 0.6) is 0 Å². The Hall–Kier alpha value is -1.10. The molecule has 5 heteroatoms. The summed E-state index contributed by atoms with van der Waals surface area (Å²) in [5.74, 6) is 0.00843. The normalized spacial score (nSPS) is 36.1. The molecule has 0 aromatic heterocycles. The fourth-order valence-corrected chi connectivity index (χ4v) is 2.37. The lowest BCUT2D eigenvalue weighted by Gasteiger charge is -2.38. The number of carbonyl (C=O) groups is 2. The molecule has 82 valence electrons. The van der Waals surface area contributed by atoms with Crippen LogP contribution < -0.4 is 5.32 Å². The maximum absolute atomic E-state index is 12.2. The van der Waals surface area contributed by atoms with Gasteiger partial charge in [-0.1, -0.05) is 0 Å². The molecule has 1 aliphatic carbocycles. The van der Waals surface area contributed by atoms with Crippen molar-refractivity contribution in [2.45, 2.75) is 30.8 Å². The summed E-state index contributed by atoms with van der Waals surface area (Å²) in [7, 11) is 0. The topological polar surface area (TPSA) is 58.6 Å². The molecule has 1 saturated carbocycles. The van der Waals surface area contributed by atoms with E-state index >= 15 is 0 Å². The van der Waals surface area contributed by atoms with Crippen molar-refractivity contribution in [3.63, 3.8) is 0 Å². The van der Waals surface area contributed by atoms with Crippen LogP contribution in [-0.4, -0.2) is 48.1 Å². The SMILES string of the molecule is O=C1CN(C2CC2)C(=O)[C@]2(CCOC2)N1. The zero-order chi connectivity index (χ0) is 10.5. The standard InChI is InChI=1S/C10H14N2O3/c13-8-5-12(7-1-2-7)9(14)10(11-8)3-4-15-6-10/h7H,1-6H2,(H,11,13)/t10-/m1/s1. The van der Waals surface area contributed by atoms with Crippen molar-refractivity contribution in [1.29, 1.82) is 0 Å². The predicted molar refractivity (Wildman–Crippen MR) is 51.0 cm³/mol. The molecule has 0 aromatic carbocycles. The monoisotopic (exact) mass is 210 g/mol. The van der Waals surface area contributed by atoms with Crippen LogP contribution in [0, 0.1) is 0 Å². The van der Waals surface area contributed by atoms with Crippen LogP contribution in [0.3, 0.4) is 0 Å². The van der Waals surface area contributed by atoms with Gasteiger partial charge in [-0.05, 0) is 12.8 Å². The van der Waals surface area contributed by atoms with Crippen LogP contribution >= 0.6 is 0 Å². The van der Waals surface area contributed by atoms with Crippen molar-refractivity contribution >= 4 is 11.8 Å². The Bertz CT molecular complexity index is 319. The van der Waals surface area contributed by atoms with Crippen molar-refractivity contribution < 1.29 is 14.3 Å². The second kappa shape index (κ2) is 2.95. The van der Waals surface area contributed by atoms with Crippen molar-refractivity contribution in [3.8, 4) is 0 Å². The van der Waals surface area contributed by atoms with Gasteiger partial charge in [-0.2, -0.15) is 0 Å². The molecule has 2 amide bonds. The first-order valence-electron chi connectivity index (χ1n) is 5.41. The second-order valence-corrected chi connectivity index (χ2v) is 4.60. The summed E-state index contributed by atoms with van der Waals surface area (Å²) < 4.78 is 5.24. The molecule has 2 aliphatic heterocycles. The molecular formula is C10H14N2O3. The molecule has 15 heavy (non-hydrogen) atoms. The largest absolute Gasteiger partial charge is 0.378 e. The highest BCUT2D eigenvalue weighted by atomic mass is 16.5. The van der Waals surface area contributed by atoms with E-state index < -0.39 is 5.54 Å². The number of rotatable bonds is 1. The Morgan fingerprint density at radius 2 is 2.20 bits per heavy atom. The van der Waals surface area contributed by atoms with Crippen LogP contribution in [0.15, 0.2) is 0 Å². The van der Waals surface area contributed by atoms with Gasteiger partial charge in [-0.25, -0.2) is 0 Å². The summed E-state index contributed by atoms with van der Waals surface area (Å²) >= 11 is 0. The lowest BCUT2D eigenvalue weighted by Crippen LogP contribution is -2.67. The fourth-order valence-electron chi connectivity index (χ4n) is 2.37. The number of carbonyl (C=O) groups excluding carboxylic acids is 2. The Balaban J connectivity index is 1.87. The number of piperazine rings is 1. The molecular weight excluding hydrogens is 196 g/mol. The predicted octanol–water partition coefficient (Wildman–Crippen LogP) is -0.734. The minimum atomic E-state index is -0.738. The molecule has 1 N–H and O–H groups in total. The van der Waals surface area contributed by atoms with Gasteiger partial charge in [0.25, 0.3) is 5.91 Å². The zero-order valence-corrected chi connectivity index (χ0v) is 8.49. The molecule has 2 heterocycles. The van der Waals surface area contributed by atoms with Gasteiger partial charge >= 0.3 is 0 Å². The van der Waals surface area contributed by atoms with Crippen molar-refractivity contribution in [3.05, 3.63) is 0 Å². The van der Waals surface area contributed by atoms with Crippen LogP contribution in [0.1, 0.15) is 19.3 Å². The van der Waals surface area contributed by atoms with Gasteiger partial charge in [-0.15, -0.1) is 0 Å². The summed E-state index contributed by atoms with van der Waals surface area (Å²) in [5, 5.41) is 2.80. The Labute approximate surface area is 87.8 Å². The highest BCUT2D eigenvalue weighted by molar-refractivity contribution is 5.98. The lowest BCUT2D eigenvalue weighted by molar-refractivity contribution is -0.150. The minimum Gasteiger partial charge on any atom is -0.378 e. The number of nitrogens with one attached hydrogen (secondary N) is 1. The van der Waals surface area contributed by atoms with Crippen LogP contribution in [0.2, 0.25) is 0 Å². The van der Waals surface area contributed by atoms with Gasteiger partial charge in [0, 0.05) is 19.1 Å². The van der Waals surface area contributed by atoms with Gasteiger partial charge in [0.05, 0.1) is 13.2 Å². The summed E-state index contributed by atoms with van der Waals surface area (Å²) in [6.07, 6.45) is 2.69. The summed E-state index contributed by atoms with van der Waals surface area (Å²) in [6, 6.07) is 0.307. The zero-order valence-electron chi connectivity index (χ0n) is 8.49. The van der Waals surface area contributed by atoms with E-state index in [-0.39, 0.29) is 18.4 Å². The fraction of sp³-hybridized carbons (Fsp3) is 0.800. The summed E-state index contributed by atoms with van der Waals surface area (Å²) in [6.45, 7) is 1.12. The van der Waals surface area contributed by atoms with Gasteiger partial charge in [0.1, 0.15) is 5.54 Å². The highest BCUT2D eigenvalue weighted by Gasteiger charge is 2.52. The van der Waals surface area contributed by atoms with E-state index in [1.54, 1.807) is 4.90 Å². The van der Waals surface area contributed by atoms with Crippen molar-refractivity contribution in [1.82, 2.24) is 10.2 Å². The summed E-state index contributed by atoms with van der Waals surface area (Å²) in [4.78, 5) is 25.5. The van der Waals surface area contributed by atoms with Crippen LogP contribution in [0.4, 0.5) is 0 Å². The first-order chi connectivity index (χ1) is 7.21. The van der Waals surface area contributed by atoms with E-state index in [0.717, 1.165) is 12.8 Å². The van der Waals surface area contributed by atoms with E-state index in [4.69, 9.17) is 4.74 Å². The number of hydrogen-bond donors (Lipinski definition) is 1. The van der Waals surface area contributed by atoms with Crippen LogP contribution in [0.25, 0.3) is 0 Å². The van der Waals surface area contributed by atoms with Crippen molar-refractivity contribution in [2.75, 3.05) is 19.8 Å². The third-order valence-corrected chi connectivity index (χ3v) is 3.37. The molecule has 3 fully saturated rings. The Morgan fingerprint density at radius 1 is 1.40 bits per heavy atom. The molecule has 0 radical (unpaired) electrons. The first kappa shape index (κ1) is 9.15.